The molecule has 0 spiro atoms. The van der Waals surface area contributed by atoms with Gasteiger partial charge in [0.25, 0.3) is 0 Å². The van der Waals surface area contributed by atoms with E-state index in [1.807, 2.05) is 24.3 Å². The SMILES string of the molecule is CCc1ccc(C(=O)Cc2ccccc2C)s1. The molecule has 1 heterocycles. The number of carbonyl (C=O) groups is 1. The molecule has 88 valence electrons. The number of aryl methyl sites for hydroxylation is 2. The lowest BCUT2D eigenvalue weighted by Crippen LogP contribution is -2.02. The van der Waals surface area contributed by atoms with Gasteiger partial charge >= 0.3 is 0 Å². The van der Waals surface area contributed by atoms with E-state index in [2.05, 4.69) is 26.0 Å². The first-order chi connectivity index (χ1) is 8.20. The highest BCUT2D eigenvalue weighted by Crippen LogP contribution is 2.19. The van der Waals surface area contributed by atoms with Gasteiger partial charge in [-0.25, -0.2) is 0 Å². The van der Waals surface area contributed by atoms with E-state index in [0.29, 0.717) is 6.42 Å². The van der Waals surface area contributed by atoms with E-state index in [1.54, 1.807) is 11.3 Å². The van der Waals surface area contributed by atoms with Crippen molar-refractivity contribution in [1.29, 1.82) is 0 Å². The van der Waals surface area contributed by atoms with E-state index >= 15 is 0 Å². The Morgan fingerprint density at radius 2 is 1.94 bits per heavy atom. The number of hydrogen-bond acceptors (Lipinski definition) is 2. The third-order valence-corrected chi connectivity index (χ3v) is 4.17. The molecule has 0 aliphatic rings. The zero-order valence-electron chi connectivity index (χ0n) is 10.2. The van der Waals surface area contributed by atoms with Crippen LogP contribution in [0.5, 0.6) is 0 Å². The Kier molecular flexibility index (Phi) is 3.75. The van der Waals surface area contributed by atoms with Gasteiger partial charge in [-0.15, -0.1) is 11.3 Å². The molecule has 0 unspecified atom stereocenters. The predicted octanol–water partition coefficient (Wildman–Crippen LogP) is 4.04. The van der Waals surface area contributed by atoms with E-state index in [0.717, 1.165) is 16.9 Å². The van der Waals surface area contributed by atoms with Gasteiger partial charge in [-0.05, 0) is 36.6 Å². The summed E-state index contributed by atoms with van der Waals surface area (Å²) in [7, 11) is 0. The summed E-state index contributed by atoms with van der Waals surface area (Å²) >= 11 is 1.62. The van der Waals surface area contributed by atoms with Crippen molar-refractivity contribution in [3.63, 3.8) is 0 Å². The maximum atomic E-state index is 12.1. The van der Waals surface area contributed by atoms with Crippen LogP contribution >= 0.6 is 11.3 Å². The minimum absolute atomic E-state index is 0.226. The molecular weight excluding hydrogens is 228 g/mol. The summed E-state index contributed by atoms with van der Waals surface area (Å²) in [4.78, 5) is 14.3. The first kappa shape index (κ1) is 12.1. The largest absolute Gasteiger partial charge is 0.293 e. The number of hydrogen-bond donors (Lipinski definition) is 0. The van der Waals surface area contributed by atoms with Crippen LogP contribution in [-0.2, 0) is 12.8 Å². The molecule has 0 fully saturated rings. The molecule has 1 aromatic carbocycles. The van der Waals surface area contributed by atoms with E-state index in [1.165, 1.54) is 10.4 Å². The van der Waals surface area contributed by atoms with Gasteiger partial charge in [-0.3, -0.25) is 4.79 Å². The molecule has 0 saturated heterocycles. The van der Waals surface area contributed by atoms with Crippen molar-refractivity contribution in [2.45, 2.75) is 26.7 Å². The van der Waals surface area contributed by atoms with Crippen LogP contribution in [0.2, 0.25) is 0 Å². The number of ketones is 1. The number of Topliss-reactive ketones (excluding diaryl/α,β-unsaturated/α-hetero) is 1. The van der Waals surface area contributed by atoms with Crippen LogP contribution in [0, 0.1) is 6.92 Å². The molecule has 0 amide bonds. The number of benzene rings is 1. The molecule has 0 N–H and O–H groups in total. The second kappa shape index (κ2) is 5.28. The summed E-state index contributed by atoms with van der Waals surface area (Å²) in [5.74, 6) is 0.226. The first-order valence-electron chi connectivity index (χ1n) is 5.87. The van der Waals surface area contributed by atoms with Gasteiger partial charge in [0.15, 0.2) is 5.78 Å². The summed E-state index contributed by atoms with van der Waals surface area (Å²) in [5, 5.41) is 0. The fraction of sp³-hybridized carbons (Fsp3) is 0.267. The zero-order valence-corrected chi connectivity index (χ0v) is 11.0. The minimum atomic E-state index is 0.226. The molecule has 2 heteroatoms. The maximum Gasteiger partial charge on any atom is 0.177 e. The number of rotatable bonds is 4. The summed E-state index contributed by atoms with van der Waals surface area (Å²) in [6, 6.07) is 12.1. The highest BCUT2D eigenvalue weighted by Gasteiger charge is 2.10. The minimum Gasteiger partial charge on any atom is -0.293 e. The van der Waals surface area contributed by atoms with E-state index < -0.39 is 0 Å². The second-order valence-corrected chi connectivity index (χ2v) is 5.31. The smallest absolute Gasteiger partial charge is 0.177 e. The molecule has 0 radical (unpaired) electrons. The van der Waals surface area contributed by atoms with Crippen molar-refractivity contribution in [3.8, 4) is 0 Å². The van der Waals surface area contributed by atoms with Crippen LogP contribution in [-0.4, -0.2) is 5.78 Å². The van der Waals surface area contributed by atoms with Gasteiger partial charge in [0.2, 0.25) is 0 Å². The van der Waals surface area contributed by atoms with Crippen molar-refractivity contribution in [2.75, 3.05) is 0 Å². The van der Waals surface area contributed by atoms with Crippen molar-refractivity contribution < 1.29 is 4.79 Å². The molecule has 0 aliphatic carbocycles. The normalized spacial score (nSPS) is 10.5. The summed E-state index contributed by atoms with van der Waals surface area (Å²) < 4.78 is 0. The van der Waals surface area contributed by atoms with Crippen LogP contribution in [0.1, 0.15) is 32.6 Å². The molecule has 0 bridgehead atoms. The Balaban J connectivity index is 2.14. The lowest BCUT2D eigenvalue weighted by Gasteiger charge is -2.03. The molecular formula is C15H16OS. The van der Waals surface area contributed by atoms with Crippen molar-refractivity contribution in [2.24, 2.45) is 0 Å². The summed E-state index contributed by atoms with van der Waals surface area (Å²) in [5.41, 5.74) is 2.32. The molecule has 0 aliphatic heterocycles. The Morgan fingerprint density at radius 3 is 2.59 bits per heavy atom. The predicted molar refractivity (Wildman–Crippen MR) is 72.9 cm³/mol. The molecule has 2 aromatic rings. The quantitative estimate of drug-likeness (QED) is 0.742. The molecule has 1 aromatic heterocycles. The Labute approximate surface area is 106 Å². The van der Waals surface area contributed by atoms with Crippen LogP contribution in [0.25, 0.3) is 0 Å². The second-order valence-electron chi connectivity index (χ2n) is 4.15. The van der Waals surface area contributed by atoms with Gasteiger partial charge in [0.1, 0.15) is 0 Å². The van der Waals surface area contributed by atoms with E-state index in [4.69, 9.17) is 0 Å². The third-order valence-electron chi connectivity index (χ3n) is 2.90. The topological polar surface area (TPSA) is 17.1 Å². The molecule has 2 rings (SSSR count). The van der Waals surface area contributed by atoms with Crippen molar-refractivity contribution in [1.82, 2.24) is 0 Å². The lowest BCUT2D eigenvalue weighted by molar-refractivity contribution is 0.0996. The van der Waals surface area contributed by atoms with Crippen molar-refractivity contribution in [3.05, 3.63) is 57.3 Å². The van der Waals surface area contributed by atoms with Gasteiger partial charge in [-0.2, -0.15) is 0 Å². The van der Waals surface area contributed by atoms with Gasteiger partial charge in [0.05, 0.1) is 4.88 Å². The van der Waals surface area contributed by atoms with E-state index in [-0.39, 0.29) is 5.78 Å². The molecule has 0 saturated carbocycles. The summed E-state index contributed by atoms with van der Waals surface area (Å²) in [6.07, 6.45) is 1.51. The van der Waals surface area contributed by atoms with E-state index in [9.17, 15) is 4.79 Å². The standard InChI is InChI=1S/C15H16OS/c1-3-13-8-9-15(17-13)14(16)10-12-7-5-4-6-11(12)2/h4-9H,3,10H2,1-2H3. The molecule has 0 atom stereocenters. The Bertz CT molecular complexity index is 525. The first-order valence-corrected chi connectivity index (χ1v) is 6.68. The van der Waals surface area contributed by atoms with Crippen LogP contribution < -0.4 is 0 Å². The zero-order chi connectivity index (χ0) is 12.3. The van der Waals surface area contributed by atoms with Crippen LogP contribution in [0.3, 0.4) is 0 Å². The molecule has 1 nitrogen and oxygen atoms in total. The van der Waals surface area contributed by atoms with Crippen LogP contribution in [0.4, 0.5) is 0 Å². The van der Waals surface area contributed by atoms with Crippen LogP contribution in [0.15, 0.2) is 36.4 Å². The monoisotopic (exact) mass is 244 g/mol. The fourth-order valence-corrected chi connectivity index (χ4v) is 2.67. The highest BCUT2D eigenvalue weighted by molar-refractivity contribution is 7.14. The van der Waals surface area contributed by atoms with Gasteiger partial charge in [0, 0.05) is 11.3 Å². The van der Waals surface area contributed by atoms with Gasteiger partial charge < -0.3 is 0 Å². The fourth-order valence-electron chi connectivity index (χ4n) is 1.79. The third kappa shape index (κ3) is 2.83. The Morgan fingerprint density at radius 1 is 1.18 bits per heavy atom. The number of thiophene rings is 1. The van der Waals surface area contributed by atoms with Crippen molar-refractivity contribution >= 4 is 17.1 Å². The average molecular weight is 244 g/mol. The highest BCUT2D eigenvalue weighted by atomic mass is 32.1. The maximum absolute atomic E-state index is 12.1. The molecule has 17 heavy (non-hydrogen) atoms. The summed E-state index contributed by atoms with van der Waals surface area (Å²) in [6.45, 7) is 4.16. The number of carbonyl (C=O) groups excluding carboxylic acids is 1. The average Bonchev–Trinajstić information content (AvgIpc) is 2.81. The lowest BCUT2D eigenvalue weighted by atomic mass is 10.0. The van der Waals surface area contributed by atoms with Gasteiger partial charge in [-0.1, -0.05) is 31.2 Å². The Hall–Kier alpha value is -1.41.